The van der Waals surface area contributed by atoms with Gasteiger partial charge in [-0.15, -0.1) is 10.2 Å². The second-order valence-electron chi connectivity index (χ2n) is 9.59. The Morgan fingerprint density at radius 2 is 1.52 bits per heavy atom. The number of carbonyl (C=O) groups is 2. The number of esters is 1. The summed E-state index contributed by atoms with van der Waals surface area (Å²) in [6.45, 7) is 2.76. The maximum absolute atomic E-state index is 12.7. The van der Waals surface area contributed by atoms with Gasteiger partial charge in [-0.1, -0.05) is 72.4 Å². The van der Waals surface area contributed by atoms with Gasteiger partial charge in [-0.05, 0) is 60.5 Å². The first-order chi connectivity index (χ1) is 20.6. The van der Waals surface area contributed by atoms with E-state index < -0.39 is 0 Å². The van der Waals surface area contributed by atoms with E-state index in [0.29, 0.717) is 40.9 Å². The van der Waals surface area contributed by atoms with Crippen molar-refractivity contribution in [3.63, 3.8) is 0 Å². The number of ether oxygens (including phenoxy) is 1. The van der Waals surface area contributed by atoms with Crippen molar-refractivity contribution in [3.05, 3.63) is 125 Å². The number of aromatic nitrogens is 4. The third-order valence-electron chi connectivity index (χ3n) is 6.78. The van der Waals surface area contributed by atoms with E-state index in [2.05, 4.69) is 44.3 Å². The van der Waals surface area contributed by atoms with E-state index >= 15 is 0 Å². The monoisotopic (exact) mass is 573 g/mol. The molecule has 2 aromatic heterocycles. The number of benzene rings is 4. The van der Waals surface area contributed by atoms with E-state index in [9.17, 15) is 9.59 Å². The number of carbonyl (C=O) groups excluding carboxylic acids is 2. The first kappa shape index (κ1) is 27.2. The topological polar surface area (TPSA) is 99.0 Å². The zero-order chi connectivity index (χ0) is 28.9. The number of nitrogens with one attached hydrogen (secondary N) is 1. The molecule has 0 bridgehead atoms. The summed E-state index contributed by atoms with van der Waals surface area (Å²) < 4.78 is 7.19. The van der Waals surface area contributed by atoms with E-state index in [1.54, 1.807) is 43.3 Å². The molecule has 42 heavy (non-hydrogen) atoms. The van der Waals surface area contributed by atoms with Gasteiger partial charge >= 0.3 is 5.97 Å². The van der Waals surface area contributed by atoms with Crippen molar-refractivity contribution in [1.82, 2.24) is 19.7 Å². The van der Waals surface area contributed by atoms with Gasteiger partial charge in [-0.25, -0.2) is 9.78 Å². The van der Waals surface area contributed by atoms with Crippen LogP contribution in [0.15, 0.2) is 108 Å². The lowest BCUT2D eigenvalue weighted by molar-refractivity contribution is 0.0526. The van der Waals surface area contributed by atoms with Gasteiger partial charge in [0.25, 0.3) is 5.91 Å². The number of fused-ring (bicyclic) bond motifs is 3. The minimum Gasteiger partial charge on any atom is -0.462 e. The molecule has 1 N–H and O–H groups in total. The molecule has 208 valence electrons. The Labute approximate surface area is 246 Å². The van der Waals surface area contributed by atoms with Gasteiger partial charge in [0.1, 0.15) is 5.52 Å². The number of hydrogen-bond donors (Lipinski definition) is 1. The van der Waals surface area contributed by atoms with Crippen LogP contribution in [0.2, 0.25) is 0 Å². The van der Waals surface area contributed by atoms with E-state index in [4.69, 9.17) is 9.72 Å². The molecule has 0 unspecified atom stereocenters. The Balaban J connectivity index is 1.14. The van der Waals surface area contributed by atoms with Gasteiger partial charge in [0.05, 0.1) is 17.7 Å². The third-order valence-corrected chi connectivity index (χ3v) is 7.68. The predicted octanol–water partition coefficient (Wildman–Crippen LogP) is 6.75. The van der Waals surface area contributed by atoms with Crippen LogP contribution >= 0.6 is 11.8 Å². The van der Waals surface area contributed by atoms with Crippen molar-refractivity contribution < 1.29 is 14.3 Å². The van der Waals surface area contributed by atoms with Crippen LogP contribution in [0.4, 0.5) is 5.69 Å². The van der Waals surface area contributed by atoms with E-state index in [1.807, 2.05) is 42.5 Å². The molecule has 6 aromatic rings. The standard InChI is InChI=1S/C33H27N5O3S/c1-2-41-32(40)25-16-18-26(19-17-25)34-31(39)24-14-12-23(13-15-24)21-42-33-35-30-29(36-37-33)27-10-6-7-11-28(27)38(30)20-22-8-4-3-5-9-22/h3-19H,2,20-21H2,1H3,(H,34,39). The summed E-state index contributed by atoms with van der Waals surface area (Å²) in [6, 6.07) is 32.5. The van der Waals surface area contributed by atoms with Crippen LogP contribution in [0.3, 0.4) is 0 Å². The van der Waals surface area contributed by atoms with Gasteiger partial charge in [-0.2, -0.15) is 0 Å². The average Bonchev–Trinajstić information content (AvgIpc) is 3.34. The summed E-state index contributed by atoms with van der Waals surface area (Å²) in [7, 11) is 0. The van der Waals surface area contributed by atoms with Crippen molar-refractivity contribution in [3.8, 4) is 0 Å². The summed E-state index contributed by atoms with van der Waals surface area (Å²) in [5.74, 6) is 0.00499. The van der Waals surface area contributed by atoms with Gasteiger partial charge < -0.3 is 14.6 Å². The van der Waals surface area contributed by atoms with E-state index in [1.165, 1.54) is 17.3 Å². The molecule has 0 radical (unpaired) electrons. The summed E-state index contributed by atoms with van der Waals surface area (Å²) in [6.07, 6.45) is 0. The molecule has 0 atom stereocenters. The van der Waals surface area contributed by atoms with Crippen LogP contribution < -0.4 is 5.32 Å². The Kier molecular flexibility index (Phi) is 7.91. The first-order valence-corrected chi connectivity index (χ1v) is 14.5. The quantitative estimate of drug-likeness (QED) is 0.151. The van der Waals surface area contributed by atoms with Crippen LogP contribution in [0.5, 0.6) is 0 Å². The van der Waals surface area contributed by atoms with E-state index in [-0.39, 0.29) is 11.9 Å². The molecule has 0 aliphatic carbocycles. The molecular weight excluding hydrogens is 546 g/mol. The van der Waals surface area contributed by atoms with Crippen molar-refractivity contribution in [2.24, 2.45) is 0 Å². The van der Waals surface area contributed by atoms with Gasteiger partial charge in [0.2, 0.25) is 5.16 Å². The summed E-state index contributed by atoms with van der Waals surface area (Å²) in [5.41, 5.74) is 6.45. The number of hydrogen-bond acceptors (Lipinski definition) is 7. The molecule has 0 saturated heterocycles. The molecule has 1 amide bonds. The third kappa shape index (κ3) is 5.87. The molecule has 2 heterocycles. The molecule has 0 aliphatic heterocycles. The van der Waals surface area contributed by atoms with Crippen molar-refractivity contribution in [2.75, 3.05) is 11.9 Å². The van der Waals surface area contributed by atoms with Crippen LogP contribution in [-0.4, -0.2) is 38.2 Å². The number of anilines is 1. The van der Waals surface area contributed by atoms with Gasteiger partial charge in [0.15, 0.2) is 5.65 Å². The maximum Gasteiger partial charge on any atom is 0.338 e. The van der Waals surface area contributed by atoms with E-state index in [0.717, 1.165) is 27.6 Å². The second-order valence-corrected chi connectivity index (χ2v) is 10.5. The Bertz CT molecular complexity index is 1870. The fourth-order valence-corrected chi connectivity index (χ4v) is 5.42. The Morgan fingerprint density at radius 1 is 0.810 bits per heavy atom. The van der Waals surface area contributed by atoms with Crippen molar-refractivity contribution in [1.29, 1.82) is 0 Å². The highest BCUT2D eigenvalue weighted by Gasteiger charge is 2.15. The van der Waals surface area contributed by atoms with Crippen LogP contribution in [0.1, 0.15) is 38.8 Å². The molecule has 8 nitrogen and oxygen atoms in total. The van der Waals surface area contributed by atoms with Crippen molar-refractivity contribution in [2.45, 2.75) is 24.4 Å². The van der Waals surface area contributed by atoms with Crippen LogP contribution in [0.25, 0.3) is 22.1 Å². The largest absolute Gasteiger partial charge is 0.462 e. The number of thioether (sulfide) groups is 1. The second kappa shape index (κ2) is 12.2. The van der Waals surface area contributed by atoms with Gasteiger partial charge in [0, 0.05) is 28.9 Å². The molecule has 4 aromatic carbocycles. The average molecular weight is 574 g/mol. The van der Waals surface area contributed by atoms with Gasteiger partial charge in [-0.3, -0.25) is 4.79 Å². The fourth-order valence-electron chi connectivity index (χ4n) is 4.68. The maximum atomic E-state index is 12.7. The minimum absolute atomic E-state index is 0.234. The number of nitrogens with zero attached hydrogens (tertiary/aromatic N) is 4. The summed E-state index contributed by atoms with van der Waals surface area (Å²) in [4.78, 5) is 29.5. The highest BCUT2D eigenvalue weighted by atomic mass is 32.2. The molecule has 6 rings (SSSR count). The number of rotatable bonds is 9. The fraction of sp³-hybridized carbons (Fsp3) is 0.121. The molecule has 0 fully saturated rings. The van der Waals surface area contributed by atoms with Crippen molar-refractivity contribution >= 4 is 51.4 Å². The predicted molar refractivity (Wildman–Crippen MR) is 165 cm³/mol. The molecule has 0 spiro atoms. The molecule has 0 saturated carbocycles. The zero-order valence-corrected chi connectivity index (χ0v) is 23.7. The highest BCUT2D eigenvalue weighted by Crippen LogP contribution is 2.29. The Morgan fingerprint density at radius 3 is 2.29 bits per heavy atom. The van der Waals surface area contributed by atoms with Crippen LogP contribution in [-0.2, 0) is 17.0 Å². The SMILES string of the molecule is CCOC(=O)c1ccc(NC(=O)c2ccc(CSc3nnc4c5ccccc5n(Cc5ccccc5)c4n3)cc2)cc1. The molecule has 9 heteroatoms. The zero-order valence-electron chi connectivity index (χ0n) is 22.9. The summed E-state index contributed by atoms with van der Waals surface area (Å²) in [5, 5.41) is 13.4. The molecule has 0 aliphatic rings. The lowest BCUT2D eigenvalue weighted by atomic mass is 10.1. The lowest BCUT2D eigenvalue weighted by Crippen LogP contribution is -2.12. The lowest BCUT2D eigenvalue weighted by Gasteiger charge is -2.08. The number of amides is 1. The minimum atomic E-state index is -0.389. The first-order valence-electron chi connectivity index (χ1n) is 13.5. The number of para-hydroxylation sites is 1. The Hall–Kier alpha value is -5.02. The highest BCUT2D eigenvalue weighted by molar-refractivity contribution is 7.98. The summed E-state index contributed by atoms with van der Waals surface area (Å²) >= 11 is 1.50. The molecular formula is C33H27N5O3S. The normalized spacial score (nSPS) is 11.1. The smallest absolute Gasteiger partial charge is 0.338 e. The van der Waals surface area contributed by atoms with Crippen LogP contribution in [0, 0.1) is 0 Å².